The second kappa shape index (κ2) is 5.33. The van der Waals surface area contributed by atoms with Gasteiger partial charge in [0, 0.05) is 5.02 Å². The molecule has 0 N–H and O–H groups in total. The molecule has 5 heteroatoms. The van der Waals surface area contributed by atoms with Crippen LogP contribution in [0.3, 0.4) is 0 Å². The van der Waals surface area contributed by atoms with Crippen molar-refractivity contribution in [3.8, 4) is 6.07 Å². The molecular weight excluding hydrogens is 246 g/mol. The van der Waals surface area contributed by atoms with Gasteiger partial charge >= 0.3 is 0 Å². The lowest BCUT2D eigenvalue weighted by molar-refractivity contribution is 0.586. The third kappa shape index (κ3) is 2.97. The van der Waals surface area contributed by atoms with E-state index in [1.165, 1.54) is 0 Å². The van der Waals surface area contributed by atoms with Crippen molar-refractivity contribution in [1.82, 2.24) is 0 Å². The molecule has 0 aliphatic carbocycles. The number of nitriles is 1. The first-order valence-electron chi connectivity index (χ1n) is 4.86. The van der Waals surface area contributed by atoms with Crippen molar-refractivity contribution >= 4 is 21.4 Å². The van der Waals surface area contributed by atoms with E-state index in [1.54, 1.807) is 37.3 Å². The summed E-state index contributed by atoms with van der Waals surface area (Å²) in [4.78, 5) is 0. The highest BCUT2D eigenvalue weighted by Crippen LogP contribution is 2.20. The summed E-state index contributed by atoms with van der Waals surface area (Å²) < 4.78 is 23.7. The molecule has 0 aliphatic rings. The molecule has 1 aromatic rings. The molecule has 3 nitrogen and oxygen atoms in total. The van der Waals surface area contributed by atoms with E-state index in [0.29, 0.717) is 17.0 Å². The van der Waals surface area contributed by atoms with Crippen LogP contribution < -0.4 is 0 Å². The smallest absolute Gasteiger partial charge is 0.170 e. The van der Waals surface area contributed by atoms with Crippen LogP contribution >= 0.6 is 11.6 Å². The summed E-state index contributed by atoms with van der Waals surface area (Å²) in [5, 5.41) is 8.21. The number of hydrogen-bond donors (Lipinski definition) is 0. The Balaban J connectivity index is 2.99. The largest absolute Gasteiger partial charge is 0.227 e. The first kappa shape index (κ1) is 13.0. The predicted octanol–water partition coefficient (Wildman–Crippen LogP) is 2.56. The third-order valence-electron chi connectivity index (χ3n) is 2.26. The van der Waals surface area contributed by atoms with E-state index < -0.39 is 15.1 Å². The molecule has 1 aromatic carbocycles. The minimum Gasteiger partial charge on any atom is -0.227 e. The molecular formula is C11H12ClNO2S. The Morgan fingerprint density at radius 3 is 2.56 bits per heavy atom. The average Bonchev–Trinajstić information content (AvgIpc) is 2.22. The zero-order chi connectivity index (χ0) is 12.2. The van der Waals surface area contributed by atoms with Crippen molar-refractivity contribution in [2.45, 2.75) is 24.3 Å². The highest BCUT2D eigenvalue weighted by molar-refractivity contribution is 7.91. The quantitative estimate of drug-likeness (QED) is 0.833. The third-order valence-corrected chi connectivity index (χ3v) is 4.65. The second-order valence-corrected chi connectivity index (χ2v) is 6.02. The van der Waals surface area contributed by atoms with Gasteiger partial charge in [-0.2, -0.15) is 5.26 Å². The van der Waals surface area contributed by atoms with E-state index in [0.717, 1.165) is 0 Å². The summed E-state index contributed by atoms with van der Waals surface area (Å²) in [6, 6.07) is 8.56. The number of hydrogen-bond acceptors (Lipinski definition) is 3. The van der Waals surface area contributed by atoms with E-state index in [1.807, 2.05) is 0 Å². The van der Waals surface area contributed by atoms with Crippen molar-refractivity contribution in [1.29, 1.82) is 5.26 Å². The van der Waals surface area contributed by atoms with Gasteiger partial charge in [0.05, 0.1) is 11.8 Å². The Labute approximate surface area is 101 Å². The summed E-state index contributed by atoms with van der Waals surface area (Å²) in [6.07, 6.45) is 0.295. The molecule has 0 heterocycles. The molecule has 0 spiro atoms. The van der Waals surface area contributed by atoms with E-state index in [-0.39, 0.29) is 5.75 Å². The van der Waals surface area contributed by atoms with Gasteiger partial charge in [-0.3, -0.25) is 0 Å². The maximum atomic E-state index is 11.8. The molecule has 1 rings (SSSR count). The van der Waals surface area contributed by atoms with Crippen molar-refractivity contribution in [2.75, 3.05) is 0 Å². The van der Waals surface area contributed by atoms with Crippen LogP contribution in [0.5, 0.6) is 0 Å². The van der Waals surface area contributed by atoms with Gasteiger partial charge in [-0.15, -0.1) is 0 Å². The number of benzene rings is 1. The van der Waals surface area contributed by atoms with Gasteiger partial charge in [-0.05, 0) is 18.1 Å². The Kier molecular flexibility index (Phi) is 4.34. The lowest BCUT2D eigenvalue weighted by Crippen LogP contribution is -2.20. The molecule has 0 aromatic heterocycles. The van der Waals surface area contributed by atoms with Crippen molar-refractivity contribution in [3.63, 3.8) is 0 Å². The number of sulfone groups is 1. The fourth-order valence-electron chi connectivity index (χ4n) is 1.36. The van der Waals surface area contributed by atoms with E-state index in [9.17, 15) is 8.42 Å². The van der Waals surface area contributed by atoms with E-state index in [2.05, 4.69) is 0 Å². The predicted molar refractivity (Wildman–Crippen MR) is 63.8 cm³/mol. The van der Waals surface area contributed by atoms with Gasteiger partial charge in [-0.1, -0.05) is 36.7 Å². The summed E-state index contributed by atoms with van der Waals surface area (Å²) in [5.41, 5.74) is 0.540. The maximum absolute atomic E-state index is 11.8. The normalized spacial score (nSPS) is 13.1. The number of rotatable bonds is 4. The van der Waals surface area contributed by atoms with E-state index in [4.69, 9.17) is 16.9 Å². The summed E-state index contributed by atoms with van der Waals surface area (Å²) in [7, 11) is -3.44. The number of nitrogens with zero attached hydrogens (tertiary/aromatic N) is 1. The van der Waals surface area contributed by atoms with Crippen molar-refractivity contribution < 1.29 is 8.42 Å². The number of halogens is 1. The first-order chi connectivity index (χ1) is 7.51. The van der Waals surface area contributed by atoms with Gasteiger partial charge in [0.15, 0.2) is 9.84 Å². The maximum Gasteiger partial charge on any atom is 0.170 e. The van der Waals surface area contributed by atoms with Crippen LogP contribution in [0.1, 0.15) is 18.9 Å². The summed E-state index contributed by atoms with van der Waals surface area (Å²) >= 11 is 5.87. The van der Waals surface area contributed by atoms with Crippen LogP contribution in [0.25, 0.3) is 0 Å². The summed E-state index contributed by atoms with van der Waals surface area (Å²) in [6.45, 7) is 1.68. The zero-order valence-electron chi connectivity index (χ0n) is 8.85. The lowest BCUT2D eigenvalue weighted by atomic mass is 10.2. The summed E-state index contributed by atoms with van der Waals surface area (Å²) in [5.74, 6) is -0.182. The van der Waals surface area contributed by atoms with Crippen LogP contribution in [0.2, 0.25) is 5.02 Å². The monoisotopic (exact) mass is 257 g/mol. The molecule has 16 heavy (non-hydrogen) atoms. The lowest BCUT2D eigenvalue weighted by Gasteiger charge is -2.09. The molecule has 0 bridgehead atoms. The van der Waals surface area contributed by atoms with Crippen LogP contribution in [0.15, 0.2) is 24.3 Å². The Bertz CT molecular complexity index is 505. The standard InChI is InChI=1S/C11H12ClNO2S/c1-2-10(7-13)16(14,15)8-9-5-3-4-6-11(9)12/h3-6,10H,2,8H2,1H3. The second-order valence-electron chi connectivity index (χ2n) is 3.42. The molecule has 0 aliphatic heterocycles. The average molecular weight is 258 g/mol. The molecule has 0 radical (unpaired) electrons. The van der Waals surface area contributed by atoms with Gasteiger partial charge < -0.3 is 0 Å². The Morgan fingerprint density at radius 2 is 2.06 bits per heavy atom. The van der Waals surface area contributed by atoms with Crippen LogP contribution in [0.4, 0.5) is 0 Å². The highest BCUT2D eigenvalue weighted by atomic mass is 35.5. The van der Waals surface area contributed by atoms with Crippen molar-refractivity contribution in [3.05, 3.63) is 34.9 Å². The van der Waals surface area contributed by atoms with Gasteiger partial charge in [-0.25, -0.2) is 8.42 Å². The van der Waals surface area contributed by atoms with Crippen LogP contribution in [0, 0.1) is 11.3 Å². The van der Waals surface area contributed by atoms with Crippen LogP contribution in [-0.4, -0.2) is 13.7 Å². The zero-order valence-corrected chi connectivity index (χ0v) is 10.4. The highest BCUT2D eigenvalue weighted by Gasteiger charge is 2.24. The molecule has 0 amide bonds. The van der Waals surface area contributed by atoms with Crippen molar-refractivity contribution in [2.24, 2.45) is 0 Å². The van der Waals surface area contributed by atoms with Gasteiger partial charge in [0.25, 0.3) is 0 Å². The molecule has 0 saturated heterocycles. The minimum atomic E-state index is -3.44. The van der Waals surface area contributed by atoms with Crippen LogP contribution in [-0.2, 0) is 15.6 Å². The fourth-order valence-corrected chi connectivity index (χ4v) is 3.19. The Hall–Kier alpha value is -1.05. The minimum absolute atomic E-state index is 0.182. The Morgan fingerprint density at radius 1 is 1.44 bits per heavy atom. The molecule has 86 valence electrons. The molecule has 1 unspecified atom stereocenters. The topological polar surface area (TPSA) is 57.9 Å². The van der Waals surface area contributed by atoms with E-state index >= 15 is 0 Å². The van der Waals surface area contributed by atoms with Gasteiger partial charge in [0.2, 0.25) is 0 Å². The fraction of sp³-hybridized carbons (Fsp3) is 0.364. The first-order valence-corrected chi connectivity index (χ1v) is 6.95. The SMILES string of the molecule is CCC(C#N)S(=O)(=O)Cc1ccccc1Cl. The van der Waals surface area contributed by atoms with Gasteiger partial charge in [0.1, 0.15) is 5.25 Å². The molecule has 1 atom stereocenters. The molecule has 0 saturated carbocycles. The molecule has 0 fully saturated rings.